The van der Waals surface area contributed by atoms with E-state index in [0.717, 1.165) is 11.6 Å². The smallest absolute Gasteiger partial charge is 0.217 e. The molecule has 3 heteroatoms. The second kappa shape index (κ2) is 3.31. The van der Waals surface area contributed by atoms with Crippen LogP contribution in [0.15, 0.2) is 36.5 Å². The molecular weight excluding hydrogens is 164 g/mol. The molecule has 0 bridgehead atoms. The molecule has 0 amide bonds. The van der Waals surface area contributed by atoms with Crippen LogP contribution in [0.4, 0.5) is 0 Å². The number of hydrogen-bond acceptors (Lipinski definition) is 2. The standard InChI is InChI=1S/C10H10N2O/c1-8-11-7-10(12-8)13-9-5-3-2-4-6-9/h2-7H,1H3,(H,11,12). The largest absolute Gasteiger partial charge is 0.439 e. The number of aromatic amines is 1. The van der Waals surface area contributed by atoms with Crippen molar-refractivity contribution >= 4 is 0 Å². The van der Waals surface area contributed by atoms with E-state index in [4.69, 9.17) is 4.74 Å². The summed E-state index contributed by atoms with van der Waals surface area (Å²) in [6.07, 6.45) is 1.67. The van der Waals surface area contributed by atoms with Gasteiger partial charge >= 0.3 is 0 Å². The Kier molecular flexibility index (Phi) is 2.00. The number of nitrogens with one attached hydrogen (secondary N) is 1. The van der Waals surface area contributed by atoms with Crippen LogP contribution < -0.4 is 4.74 Å². The number of para-hydroxylation sites is 1. The van der Waals surface area contributed by atoms with Crippen molar-refractivity contribution in [3.63, 3.8) is 0 Å². The van der Waals surface area contributed by atoms with Gasteiger partial charge < -0.3 is 9.72 Å². The summed E-state index contributed by atoms with van der Waals surface area (Å²) < 4.78 is 5.48. The van der Waals surface area contributed by atoms with Gasteiger partial charge in [0.15, 0.2) is 0 Å². The summed E-state index contributed by atoms with van der Waals surface area (Å²) in [5.74, 6) is 2.33. The fourth-order valence-corrected chi connectivity index (χ4v) is 1.07. The lowest BCUT2D eigenvalue weighted by Gasteiger charge is -2.00. The zero-order chi connectivity index (χ0) is 9.10. The maximum Gasteiger partial charge on any atom is 0.217 e. The van der Waals surface area contributed by atoms with Crippen LogP contribution >= 0.6 is 0 Å². The molecule has 0 atom stereocenters. The van der Waals surface area contributed by atoms with E-state index in [2.05, 4.69) is 9.97 Å². The first-order chi connectivity index (χ1) is 6.34. The van der Waals surface area contributed by atoms with Gasteiger partial charge in [-0.1, -0.05) is 18.2 Å². The van der Waals surface area contributed by atoms with E-state index in [9.17, 15) is 0 Å². The zero-order valence-corrected chi connectivity index (χ0v) is 7.32. The molecular formula is C10H10N2O. The maximum atomic E-state index is 5.48. The summed E-state index contributed by atoms with van der Waals surface area (Å²) in [4.78, 5) is 7.02. The molecule has 1 N–H and O–H groups in total. The van der Waals surface area contributed by atoms with Crippen molar-refractivity contribution in [1.29, 1.82) is 0 Å². The van der Waals surface area contributed by atoms with Crippen LogP contribution in [-0.2, 0) is 0 Å². The van der Waals surface area contributed by atoms with Crippen molar-refractivity contribution < 1.29 is 4.74 Å². The van der Waals surface area contributed by atoms with E-state index in [1.165, 1.54) is 0 Å². The van der Waals surface area contributed by atoms with Gasteiger partial charge in [0, 0.05) is 0 Å². The van der Waals surface area contributed by atoms with Crippen molar-refractivity contribution in [1.82, 2.24) is 9.97 Å². The van der Waals surface area contributed by atoms with Gasteiger partial charge in [-0.2, -0.15) is 0 Å². The highest BCUT2D eigenvalue weighted by atomic mass is 16.5. The maximum absolute atomic E-state index is 5.48. The van der Waals surface area contributed by atoms with Crippen molar-refractivity contribution in [3.8, 4) is 11.6 Å². The molecule has 13 heavy (non-hydrogen) atoms. The average molecular weight is 174 g/mol. The van der Waals surface area contributed by atoms with E-state index in [1.807, 2.05) is 37.3 Å². The summed E-state index contributed by atoms with van der Waals surface area (Å²) in [5, 5.41) is 0. The summed E-state index contributed by atoms with van der Waals surface area (Å²) in [7, 11) is 0. The minimum absolute atomic E-state index is 0.670. The van der Waals surface area contributed by atoms with Crippen molar-refractivity contribution in [2.45, 2.75) is 6.92 Å². The number of aromatic nitrogens is 2. The first-order valence-electron chi connectivity index (χ1n) is 4.09. The molecule has 0 saturated heterocycles. The normalized spacial score (nSPS) is 9.92. The van der Waals surface area contributed by atoms with Gasteiger partial charge in [0.05, 0.1) is 6.20 Å². The number of H-pyrrole nitrogens is 1. The highest BCUT2D eigenvalue weighted by Gasteiger charge is 1.97. The van der Waals surface area contributed by atoms with Gasteiger partial charge in [-0.3, -0.25) is 0 Å². The van der Waals surface area contributed by atoms with E-state index in [-0.39, 0.29) is 0 Å². The van der Waals surface area contributed by atoms with E-state index in [1.54, 1.807) is 6.20 Å². The molecule has 66 valence electrons. The van der Waals surface area contributed by atoms with Crippen LogP contribution in [0.2, 0.25) is 0 Å². The minimum Gasteiger partial charge on any atom is -0.439 e. The molecule has 2 aromatic rings. The summed E-state index contributed by atoms with van der Waals surface area (Å²) in [6, 6.07) is 9.61. The van der Waals surface area contributed by atoms with Gasteiger partial charge in [-0.15, -0.1) is 0 Å². The third-order valence-corrected chi connectivity index (χ3v) is 1.65. The molecule has 2 rings (SSSR count). The topological polar surface area (TPSA) is 37.9 Å². The third-order valence-electron chi connectivity index (χ3n) is 1.65. The van der Waals surface area contributed by atoms with Gasteiger partial charge in [0.25, 0.3) is 0 Å². The number of aryl methyl sites for hydroxylation is 1. The first kappa shape index (κ1) is 7.86. The second-order valence-electron chi connectivity index (χ2n) is 2.75. The van der Waals surface area contributed by atoms with Crippen molar-refractivity contribution in [2.75, 3.05) is 0 Å². The van der Waals surface area contributed by atoms with Crippen LogP contribution in [0.3, 0.4) is 0 Å². The lowest BCUT2D eigenvalue weighted by atomic mass is 10.3. The Labute approximate surface area is 76.4 Å². The molecule has 0 radical (unpaired) electrons. The molecule has 0 spiro atoms. The zero-order valence-electron chi connectivity index (χ0n) is 7.32. The molecule has 0 saturated carbocycles. The van der Waals surface area contributed by atoms with Crippen LogP contribution in [-0.4, -0.2) is 9.97 Å². The Hall–Kier alpha value is -1.77. The number of ether oxygens (including phenoxy) is 1. The third kappa shape index (κ3) is 1.87. The van der Waals surface area contributed by atoms with Gasteiger partial charge in [-0.25, -0.2) is 4.98 Å². The number of benzene rings is 1. The van der Waals surface area contributed by atoms with E-state index >= 15 is 0 Å². The molecule has 1 aromatic carbocycles. The Balaban J connectivity index is 2.15. The molecule has 1 aromatic heterocycles. The second-order valence-corrected chi connectivity index (χ2v) is 2.75. The predicted octanol–water partition coefficient (Wildman–Crippen LogP) is 2.51. The van der Waals surface area contributed by atoms with Crippen LogP contribution in [0.25, 0.3) is 0 Å². The van der Waals surface area contributed by atoms with E-state index < -0.39 is 0 Å². The van der Waals surface area contributed by atoms with Crippen LogP contribution in [0.5, 0.6) is 11.6 Å². The molecule has 0 aliphatic carbocycles. The van der Waals surface area contributed by atoms with Gasteiger partial charge in [-0.05, 0) is 19.1 Å². The average Bonchev–Trinajstić information content (AvgIpc) is 2.53. The lowest BCUT2D eigenvalue weighted by molar-refractivity contribution is 0.465. The molecule has 0 aliphatic rings. The number of hydrogen-bond donors (Lipinski definition) is 1. The number of nitrogens with zero attached hydrogens (tertiary/aromatic N) is 1. The van der Waals surface area contributed by atoms with Crippen molar-refractivity contribution in [2.24, 2.45) is 0 Å². The molecule has 0 unspecified atom stereocenters. The minimum atomic E-state index is 0.670. The summed E-state index contributed by atoms with van der Waals surface area (Å²) in [6.45, 7) is 1.89. The SMILES string of the molecule is Cc1ncc(Oc2ccccc2)[nH]1. The lowest BCUT2D eigenvalue weighted by Crippen LogP contribution is -1.82. The monoisotopic (exact) mass is 174 g/mol. The van der Waals surface area contributed by atoms with Crippen LogP contribution in [0, 0.1) is 6.92 Å². The highest BCUT2D eigenvalue weighted by molar-refractivity contribution is 5.25. The molecule has 3 nitrogen and oxygen atoms in total. The fraction of sp³-hybridized carbons (Fsp3) is 0.100. The first-order valence-corrected chi connectivity index (χ1v) is 4.09. The number of rotatable bonds is 2. The Morgan fingerprint density at radius 1 is 1.23 bits per heavy atom. The van der Waals surface area contributed by atoms with Gasteiger partial charge in [0.2, 0.25) is 5.88 Å². The van der Waals surface area contributed by atoms with Crippen molar-refractivity contribution in [3.05, 3.63) is 42.4 Å². The summed E-state index contributed by atoms with van der Waals surface area (Å²) in [5.41, 5.74) is 0. The Bertz CT molecular complexity index is 381. The molecule has 0 aliphatic heterocycles. The Morgan fingerprint density at radius 2 is 2.00 bits per heavy atom. The fourth-order valence-electron chi connectivity index (χ4n) is 1.07. The number of imidazole rings is 1. The molecule has 0 fully saturated rings. The summed E-state index contributed by atoms with van der Waals surface area (Å²) >= 11 is 0. The highest BCUT2D eigenvalue weighted by Crippen LogP contribution is 2.17. The van der Waals surface area contributed by atoms with Gasteiger partial charge in [0.1, 0.15) is 11.6 Å². The van der Waals surface area contributed by atoms with Crippen LogP contribution in [0.1, 0.15) is 5.82 Å². The predicted molar refractivity (Wildman–Crippen MR) is 49.8 cm³/mol. The quantitative estimate of drug-likeness (QED) is 0.759. The molecule has 1 heterocycles. The Morgan fingerprint density at radius 3 is 2.62 bits per heavy atom. The van der Waals surface area contributed by atoms with E-state index in [0.29, 0.717) is 5.88 Å².